The molecule has 0 atom stereocenters. The van der Waals surface area contributed by atoms with Crippen LogP contribution in [0.3, 0.4) is 0 Å². The highest BCUT2D eigenvalue weighted by Gasteiger charge is 2.03. The minimum Gasteiger partial charge on any atom is -0.492 e. The Bertz CT molecular complexity index is 323. The molecule has 0 saturated heterocycles. The average molecular weight is 207 g/mol. The first-order valence-corrected chi connectivity index (χ1v) is 5.18. The lowest BCUT2D eigenvalue weighted by atomic mass is 10.1. The fraction of sp³-hybridized carbons (Fsp3) is 0.417. The van der Waals surface area contributed by atoms with Gasteiger partial charge in [-0.25, -0.2) is 0 Å². The van der Waals surface area contributed by atoms with E-state index in [9.17, 15) is 4.79 Å². The summed E-state index contributed by atoms with van der Waals surface area (Å²) in [6, 6.07) is 7.32. The van der Waals surface area contributed by atoms with Crippen LogP contribution in [0.15, 0.2) is 24.3 Å². The lowest BCUT2D eigenvalue weighted by molar-refractivity contribution is 0.0987. The van der Waals surface area contributed by atoms with Gasteiger partial charge >= 0.3 is 0 Å². The molecular weight excluding hydrogens is 190 g/mol. The second-order valence-electron chi connectivity index (χ2n) is 3.26. The monoisotopic (exact) mass is 207 g/mol. The van der Waals surface area contributed by atoms with Crippen molar-refractivity contribution >= 4 is 5.78 Å². The molecule has 1 aromatic rings. The smallest absolute Gasteiger partial charge is 0.162 e. The van der Waals surface area contributed by atoms with Crippen LogP contribution in [0, 0.1) is 0 Å². The quantitative estimate of drug-likeness (QED) is 0.571. The van der Waals surface area contributed by atoms with E-state index in [-0.39, 0.29) is 5.78 Å². The molecule has 3 nitrogen and oxygen atoms in total. The first kappa shape index (κ1) is 11.7. The fourth-order valence-electron chi connectivity index (χ4n) is 1.23. The summed E-state index contributed by atoms with van der Waals surface area (Å²) in [5.41, 5.74) is 0.722. The molecule has 0 bridgehead atoms. The van der Waals surface area contributed by atoms with Gasteiger partial charge in [-0.3, -0.25) is 4.79 Å². The standard InChI is InChI=1S/C12H17NO2/c1-3-12(14)10-5-4-6-11(9-10)15-8-7-13-2/h4-6,9,13H,3,7-8H2,1-2H3. The van der Waals surface area contributed by atoms with Crippen molar-refractivity contribution in [2.24, 2.45) is 0 Å². The van der Waals surface area contributed by atoms with Crippen LogP contribution in [0.5, 0.6) is 5.75 Å². The van der Waals surface area contributed by atoms with Gasteiger partial charge < -0.3 is 10.1 Å². The van der Waals surface area contributed by atoms with Crippen molar-refractivity contribution in [3.63, 3.8) is 0 Å². The van der Waals surface area contributed by atoms with E-state index in [1.54, 1.807) is 6.07 Å². The number of benzene rings is 1. The number of hydrogen-bond acceptors (Lipinski definition) is 3. The number of rotatable bonds is 6. The topological polar surface area (TPSA) is 38.3 Å². The Morgan fingerprint density at radius 3 is 2.93 bits per heavy atom. The molecule has 0 saturated carbocycles. The van der Waals surface area contributed by atoms with Crippen LogP contribution in [0.1, 0.15) is 23.7 Å². The third kappa shape index (κ3) is 3.72. The van der Waals surface area contributed by atoms with E-state index in [1.807, 2.05) is 32.2 Å². The van der Waals surface area contributed by atoms with Crippen LogP contribution < -0.4 is 10.1 Å². The maximum Gasteiger partial charge on any atom is 0.162 e. The van der Waals surface area contributed by atoms with Gasteiger partial charge in [0.05, 0.1) is 0 Å². The van der Waals surface area contributed by atoms with E-state index in [0.717, 1.165) is 17.9 Å². The molecule has 0 aliphatic rings. The minimum absolute atomic E-state index is 0.147. The van der Waals surface area contributed by atoms with Crippen molar-refractivity contribution in [1.82, 2.24) is 5.32 Å². The zero-order valence-electron chi connectivity index (χ0n) is 9.25. The van der Waals surface area contributed by atoms with Gasteiger partial charge in [0.25, 0.3) is 0 Å². The Balaban J connectivity index is 2.62. The SMILES string of the molecule is CCC(=O)c1cccc(OCCNC)c1. The second-order valence-corrected chi connectivity index (χ2v) is 3.26. The Morgan fingerprint density at radius 1 is 1.47 bits per heavy atom. The molecule has 0 spiro atoms. The molecule has 3 heteroatoms. The molecule has 0 amide bonds. The van der Waals surface area contributed by atoms with Gasteiger partial charge in [-0.1, -0.05) is 19.1 Å². The predicted octanol–water partition coefficient (Wildman–Crippen LogP) is 1.88. The Hall–Kier alpha value is -1.35. The first-order valence-electron chi connectivity index (χ1n) is 5.18. The molecule has 0 aliphatic heterocycles. The molecule has 82 valence electrons. The predicted molar refractivity (Wildman–Crippen MR) is 60.5 cm³/mol. The van der Waals surface area contributed by atoms with Gasteiger partial charge in [-0.2, -0.15) is 0 Å². The average Bonchev–Trinajstić information content (AvgIpc) is 2.29. The first-order chi connectivity index (χ1) is 7.27. The third-order valence-corrected chi connectivity index (χ3v) is 2.10. The molecule has 1 aromatic carbocycles. The molecule has 15 heavy (non-hydrogen) atoms. The number of carbonyl (C=O) groups excluding carboxylic acids is 1. The van der Waals surface area contributed by atoms with E-state index >= 15 is 0 Å². The highest BCUT2D eigenvalue weighted by molar-refractivity contribution is 5.96. The summed E-state index contributed by atoms with van der Waals surface area (Å²) < 4.78 is 5.47. The zero-order chi connectivity index (χ0) is 11.1. The van der Waals surface area contributed by atoms with Crippen LogP contribution in [0.2, 0.25) is 0 Å². The van der Waals surface area contributed by atoms with Gasteiger partial charge in [-0.05, 0) is 19.2 Å². The van der Waals surface area contributed by atoms with Crippen LogP contribution in [0.4, 0.5) is 0 Å². The van der Waals surface area contributed by atoms with Gasteiger partial charge in [0.1, 0.15) is 12.4 Å². The number of carbonyl (C=O) groups is 1. The molecule has 0 heterocycles. The normalized spacial score (nSPS) is 10.0. The number of ether oxygens (including phenoxy) is 1. The van der Waals surface area contributed by atoms with Crippen molar-refractivity contribution in [3.05, 3.63) is 29.8 Å². The number of likely N-dealkylation sites (N-methyl/N-ethyl adjacent to an activating group) is 1. The number of Topliss-reactive ketones (excluding diaryl/α,β-unsaturated/α-hetero) is 1. The number of nitrogens with one attached hydrogen (secondary N) is 1. The van der Waals surface area contributed by atoms with Crippen LogP contribution in [-0.4, -0.2) is 26.0 Å². The molecule has 0 aromatic heterocycles. The Morgan fingerprint density at radius 2 is 2.27 bits per heavy atom. The maximum atomic E-state index is 11.4. The lowest BCUT2D eigenvalue weighted by Crippen LogP contribution is -2.16. The number of hydrogen-bond donors (Lipinski definition) is 1. The Kier molecular flexibility index (Phi) is 4.84. The summed E-state index contributed by atoms with van der Waals surface area (Å²) in [6.07, 6.45) is 0.528. The van der Waals surface area contributed by atoms with E-state index in [2.05, 4.69) is 5.32 Å². The van der Waals surface area contributed by atoms with Crippen molar-refractivity contribution in [1.29, 1.82) is 0 Å². The van der Waals surface area contributed by atoms with Crippen molar-refractivity contribution in [2.75, 3.05) is 20.2 Å². The fourth-order valence-corrected chi connectivity index (χ4v) is 1.23. The van der Waals surface area contributed by atoms with E-state index in [0.29, 0.717) is 13.0 Å². The molecular formula is C12H17NO2. The molecule has 0 radical (unpaired) electrons. The van der Waals surface area contributed by atoms with Crippen LogP contribution >= 0.6 is 0 Å². The summed E-state index contributed by atoms with van der Waals surface area (Å²) in [4.78, 5) is 11.4. The molecule has 0 fully saturated rings. The Labute approximate surface area is 90.4 Å². The highest BCUT2D eigenvalue weighted by atomic mass is 16.5. The molecule has 1 rings (SSSR count). The summed E-state index contributed by atoms with van der Waals surface area (Å²) in [5.74, 6) is 0.901. The van der Waals surface area contributed by atoms with E-state index in [1.165, 1.54) is 0 Å². The van der Waals surface area contributed by atoms with Gasteiger partial charge in [0, 0.05) is 18.5 Å². The largest absolute Gasteiger partial charge is 0.492 e. The second kappa shape index (κ2) is 6.19. The summed E-state index contributed by atoms with van der Waals surface area (Å²) in [7, 11) is 1.88. The highest BCUT2D eigenvalue weighted by Crippen LogP contribution is 2.14. The van der Waals surface area contributed by atoms with Gasteiger partial charge in [0.15, 0.2) is 5.78 Å². The van der Waals surface area contributed by atoms with Gasteiger partial charge in [0.2, 0.25) is 0 Å². The lowest BCUT2D eigenvalue weighted by Gasteiger charge is -2.06. The van der Waals surface area contributed by atoms with Crippen LogP contribution in [-0.2, 0) is 0 Å². The summed E-state index contributed by atoms with van der Waals surface area (Å²) in [6.45, 7) is 3.27. The van der Waals surface area contributed by atoms with Crippen molar-refractivity contribution in [2.45, 2.75) is 13.3 Å². The third-order valence-electron chi connectivity index (χ3n) is 2.10. The van der Waals surface area contributed by atoms with Crippen LogP contribution in [0.25, 0.3) is 0 Å². The van der Waals surface area contributed by atoms with Crippen molar-refractivity contribution in [3.8, 4) is 5.75 Å². The van der Waals surface area contributed by atoms with Gasteiger partial charge in [-0.15, -0.1) is 0 Å². The minimum atomic E-state index is 0.147. The molecule has 0 unspecified atom stereocenters. The summed E-state index contributed by atoms with van der Waals surface area (Å²) >= 11 is 0. The van der Waals surface area contributed by atoms with E-state index < -0.39 is 0 Å². The van der Waals surface area contributed by atoms with E-state index in [4.69, 9.17) is 4.74 Å². The van der Waals surface area contributed by atoms with Crippen molar-refractivity contribution < 1.29 is 9.53 Å². The number of ketones is 1. The molecule has 0 aliphatic carbocycles. The maximum absolute atomic E-state index is 11.4. The molecule has 1 N–H and O–H groups in total. The summed E-state index contributed by atoms with van der Waals surface area (Å²) in [5, 5.41) is 2.99. The zero-order valence-corrected chi connectivity index (χ0v) is 9.25.